The van der Waals surface area contributed by atoms with Gasteiger partial charge in [0.25, 0.3) is 0 Å². The molecule has 0 heterocycles. The third-order valence-corrected chi connectivity index (χ3v) is 3.20. The highest BCUT2D eigenvalue weighted by Gasteiger charge is 2.11. The topological polar surface area (TPSA) is 74.6 Å². The molecule has 0 bridgehead atoms. The molecule has 0 aliphatic carbocycles. The summed E-state index contributed by atoms with van der Waals surface area (Å²) in [5, 5.41) is 17.8. The van der Waals surface area contributed by atoms with Crippen molar-refractivity contribution >= 4 is 11.9 Å². The number of carbonyl (C=O) groups is 2. The average molecular weight is 282 g/mol. The molecule has 0 amide bonds. The summed E-state index contributed by atoms with van der Waals surface area (Å²) in [6, 6.07) is 0. The minimum absolute atomic E-state index is 0.0862. The van der Waals surface area contributed by atoms with E-state index in [9.17, 15) is 9.59 Å². The van der Waals surface area contributed by atoms with Crippen LogP contribution in [0.25, 0.3) is 0 Å². The van der Waals surface area contributed by atoms with Gasteiger partial charge in [-0.15, -0.1) is 0 Å². The first-order valence-corrected chi connectivity index (χ1v) is 7.09. The summed E-state index contributed by atoms with van der Waals surface area (Å²) in [7, 11) is 0. The Labute approximate surface area is 121 Å². The van der Waals surface area contributed by atoms with Crippen LogP contribution in [0, 0.1) is 11.8 Å². The number of carboxylic acid groups (broad SMARTS) is 2. The summed E-state index contributed by atoms with van der Waals surface area (Å²) in [5.74, 6) is -1.11. The molecule has 0 aromatic rings. The van der Waals surface area contributed by atoms with Crippen molar-refractivity contribution in [2.24, 2.45) is 11.8 Å². The first kappa shape index (κ1) is 18.4. The van der Waals surface area contributed by atoms with Crippen molar-refractivity contribution in [2.75, 3.05) is 0 Å². The van der Waals surface area contributed by atoms with Gasteiger partial charge < -0.3 is 10.2 Å². The zero-order valence-corrected chi connectivity index (χ0v) is 12.8. The van der Waals surface area contributed by atoms with E-state index in [4.69, 9.17) is 10.2 Å². The number of rotatable bonds is 9. The van der Waals surface area contributed by atoms with Crippen molar-refractivity contribution in [3.63, 3.8) is 0 Å². The molecule has 0 radical (unpaired) electrons. The number of hydrogen-bond donors (Lipinski definition) is 2. The lowest BCUT2D eigenvalue weighted by molar-refractivity contribution is -0.132. The summed E-state index contributed by atoms with van der Waals surface area (Å²) in [6.07, 6.45) is 6.60. The van der Waals surface area contributed by atoms with Crippen LogP contribution in [0.2, 0.25) is 0 Å². The summed E-state index contributed by atoms with van der Waals surface area (Å²) >= 11 is 0. The molecule has 0 saturated carbocycles. The predicted molar refractivity (Wildman–Crippen MR) is 79.6 cm³/mol. The summed E-state index contributed by atoms with van der Waals surface area (Å²) in [6.45, 7) is 7.98. The first-order valence-electron chi connectivity index (χ1n) is 7.09. The molecule has 0 fully saturated rings. The Bertz CT molecular complexity index is 391. The van der Waals surface area contributed by atoms with E-state index in [0.717, 1.165) is 18.9 Å². The molecule has 0 aliphatic rings. The maximum absolute atomic E-state index is 11.1. The average Bonchev–Trinajstić information content (AvgIpc) is 2.26. The zero-order chi connectivity index (χ0) is 15.7. The van der Waals surface area contributed by atoms with Gasteiger partial charge >= 0.3 is 11.9 Å². The molecule has 1 unspecified atom stereocenters. The van der Waals surface area contributed by atoms with E-state index in [-0.39, 0.29) is 11.1 Å². The fourth-order valence-electron chi connectivity index (χ4n) is 1.99. The van der Waals surface area contributed by atoms with Crippen molar-refractivity contribution in [3.8, 4) is 0 Å². The SMILES string of the molecule is CC(=C\C(=O)O)/C(=C\CC(C)CCCC(C)C)C(=O)O. The van der Waals surface area contributed by atoms with Gasteiger partial charge in [0.15, 0.2) is 0 Å². The maximum atomic E-state index is 11.1. The van der Waals surface area contributed by atoms with Gasteiger partial charge in [-0.2, -0.15) is 0 Å². The second-order valence-electron chi connectivity index (χ2n) is 5.75. The van der Waals surface area contributed by atoms with E-state index < -0.39 is 11.9 Å². The normalized spacial score (nSPS) is 14.4. The Morgan fingerprint density at radius 1 is 1.10 bits per heavy atom. The molecule has 0 aliphatic heterocycles. The van der Waals surface area contributed by atoms with E-state index in [1.807, 2.05) is 0 Å². The molecule has 4 nitrogen and oxygen atoms in total. The van der Waals surface area contributed by atoms with Crippen LogP contribution in [0.1, 0.15) is 53.4 Å². The molecular weight excluding hydrogens is 256 g/mol. The van der Waals surface area contributed by atoms with E-state index >= 15 is 0 Å². The largest absolute Gasteiger partial charge is 0.478 e. The molecule has 0 rings (SSSR count). The van der Waals surface area contributed by atoms with Gasteiger partial charge in [0, 0.05) is 6.08 Å². The second kappa shape index (κ2) is 9.34. The molecule has 0 spiro atoms. The van der Waals surface area contributed by atoms with Crippen LogP contribution in [-0.4, -0.2) is 22.2 Å². The van der Waals surface area contributed by atoms with Crippen molar-refractivity contribution in [3.05, 3.63) is 23.3 Å². The van der Waals surface area contributed by atoms with Gasteiger partial charge in [0.2, 0.25) is 0 Å². The van der Waals surface area contributed by atoms with Gasteiger partial charge in [0.05, 0.1) is 5.57 Å². The Morgan fingerprint density at radius 2 is 1.70 bits per heavy atom. The van der Waals surface area contributed by atoms with Crippen LogP contribution >= 0.6 is 0 Å². The Morgan fingerprint density at radius 3 is 2.15 bits per heavy atom. The second-order valence-corrected chi connectivity index (χ2v) is 5.75. The van der Waals surface area contributed by atoms with Crippen LogP contribution in [0.4, 0.5) is 0 Å². The van der Waals surface area contributed by atoms with Gasteiger partial charge in [-0.25, -0.2) is 9.59 Å². The van der Waals surface area contributed by atoms with Crippen LogP contribution in [0.15, 0.2) is 23.3 Å². The highest BCUT2D eigenvalue weighted by atomic mass is 16.4. The van der Waals surface area contributed by atoms with E-state index in [1.165, 1.54) is 13.3 Å². The lowest BCUT2D eigenvalue weighted by atomic mass is 9.95. The molecule has 2 N–H and O–H groups in total. The molecule has 20 heavy (non-hydrogen) atoms. The third kappa shape index (κ3) is 8.51. The molecular formula is C16H26O4. The third-order valence-electron chi connectivity index (χ3n) is 3.20. The molecule has 0 aromatic carbocycles. The van der Waals surface area contributed by atoms with Crippen molar-refractivity contribution in [2.45, 2.75) is 53.4 Å². The predicted octanol–water partition coefficient (Wildman–Crippen LogP) is 3.88. The molecule has 0 saturated heterocycles. The van der Waals surface area contributed by atoms with Crippen LogP contribution in [0.5, 0.6) is 0 Å². The van der Waals surface area contributed by atoms with E-state index in [0.29, 0.717) is 18.3 Å². The van der Waals surface area contributed by atoms with Gasteiger partial charge in [-0.1, -0.05) is 46.1 Å². The van der Waals surface area contributed by atoms with Crippen LogP contribution in [0.3, 0.4) is 0 Å². The quantitative estimate of drug-likeness (QED) is 0.497. The summed E-state index contributed by atoms with van der Waals surface area (Å²) in [5.41, 5.74) is 0.363. The molecule has 4 heteroatoms. The van der Waals surface area contributed by atoms with E-state index in [2.05, 4.69) is 20.8 Å². The molecule has 114 valence electrons. The van der Waals surface area contributed by atoms with Crippen LogP contribution in [-0.2, 0) is 9.59 Å². The number of aliphatic carboxylic acids is 2. The molecule has 0 aromatic heterocycles. The van der Waals surface area contributed by atoms with Gasteiger partial charge in [0.1, 0.15) is 0 Å². The summed E-state index contributed by atoms with van der Waals surface area (Å²) < 4.78 is 0. The standard InChI is InChI=1S/C16H26O4/c1-11(2)6-5-7-12(3)8-9-14(16(19)20)13(4)10-15(17)18/h9-12H,5-8H2,1-4H3,(H,17,18)(H,19,20)/b13-10+,14-9+. The van der Waals surface area contributed by atoms with E-state index in [1.54, 1.807) is 6.08 Å². The smallest absolute Gasteiger partial charge is 0.335 e. The number of hydrogen-bond acceptors (Lipinski definition) is 2. The molecule has 1 atom stereocenters. The first-order chi connectivity index (χ1) is 9.23. The van der Waals surface area contributed by atoms with Gasteiger partial charge in [-0.3, -0.25) is 0 Å². The lowest BCUT2D eigenvalue weighted by Gasteiger charge is -2.11. The maximum Gasteiger partial charge on any atom is 0.335 e. The fourth-order valence-corrected chi connectivity index (χ4v) is 1.99. The Hall–Kier alpha value is -1.58. The van der Waals surface area contributed by atoms with Crippen molar-refractivity contribution in [1.29, 1.82) is 0 Å². The van der Waals surface area contributed by atoms with Gasteiger partial charge in [-0.05, 0) is 30.8 Å². The Balaban J connectivity index is 4.56. The minimum atomic E-state index is -1.13. The number of allylic oxidation sites excluding steroid dienone is 1. The van der Waals surface area contributed by atoms with Crippen LogP contribution < -0.4 is 0 Å². The monoisotopic (exact) mass is 282 g/mol. The van der Waals surface area contributed by atoms with Crippen molar-refractivity contribution in [1.82, 2.24) is 0 Å². The van der Waals surface area contributed by atoms with Crippen molar-refractivity contribution < 1.29 is 19.8 Å². The highest BCUT2D eigenvalue weighted by molar-refractivity contribution is 5.94. The highest BCUT2D eigenvalue weighted by Crippen LogP contribution is 2.18. The fraction of sp³-hybridized carbons (Fsp3) is 0.625. The lowest BCUT2D eigenvalue weighted by Crippen LogP contribution is -2.05. The summed E-state index contributed by atoms with van der Waals surface area (Å²) in [4.78, 5) is 21.7. The zero-order valence-electron chi connectivity index (χ0n) is 12.8. The number of carboxylic acids is 2. The minimum Gasteiger partial charge on any atom is -0.478 e. The Kier molecular flexibility index (Phi) is 8.61.